The number of aliphatic hydroxyl groups excluding tert-OH is 5. The minimum atomic E-state index is -4.91. The quantitative estimate of drug-likeness (QED) is 0.00886. The predicted molar refractivity (Wildman–Crippen MR) is 477 cm³/mol. The maximum Gasteiger partial charge on any atom is 0.513 e. The molecular weight excluding hydrogens is 1980 g/mol. The van der Waals surface area contributed by atoms with Crippen LogP contribution in [0.4, 0.5) is 43.9 Å². The van der Waals surface area contributed by atoms with Crippen molar-refractivity contribution in [3.05, 3.63) is 255 Å². The van der Waals surface area contributed by atoms with Gasteiger partial charge >= 0.3 is 61.8 Å². The standard InChI is InChI=1S/C22H29FN3O9P.C18H17F5NO5P.C15H21FN2O5.C11H15FN2O4.2C10H13FN2O5/c1-13(2)33-19(29)14(3)25-36(31,35-15-8-6-5-7-9-15)32-12-16-18(28)22(4,23)20(34-16)26-11-10-17(27)24-21(26)30;1-9(2)27-18(25)10(3)24-30(26,28-11-7-5-4-6-8-11)29-17-15(22)13(20)12(19)14(21)16(17)23;1-8-10(11(20)23-14(2,3)4)22-12(15(8,5)16)18-7-6-9(19)17-13(18)21;1-6-7(5-15)18-9(11(6,2)12)14-4-3-8(16)13-10(14)17;2*1-10(11)7(16)5(4-14)18-8(10)13-3-2-6(15)12-9(13)17/h5-11,13-14,16,18,20,28H,12H2,1-4H3,(H,25,31)(H,24,27,30);4-10H,1-3H3,(H,24,26);6-8,10,12H,1-5H3,(H,17,19,21);3-4,6-7,9,15H,5H2,1-2H3,(H,13,16,17);2*2-3,5,7-8,14,16H,4H2,1H3,(H,12,15,17)/t14-,16+,18+,20+,22+,36-;10-,30-;8-,10+,12-,15-;6-,7-,9-,11-;2*5-,7-,8-,10-/m001111/s1/i12D2;;;;4D2;. The number of halogens is 10. The number of esters is 3. The van der Waals surface area contributed by atoms with E-state index in [1.165, 1.54) is 103 Å². The first kappa shape index (κ1) is 110. The Kier molecular flexibility index (Phi) is 36.3. The highest BCUT2D eigenvalue weighted by molar-refractivity contribution is 7.52. The molecule has 790 valence electrons. The van der Waals surface area contributed by atoms with Gasteiger partial charge in [0, 0.05) is 73.2 Å². The molecule has 13 rings (SSSR count). The third-order valence-electron chi connectivity index (χ3n) is 21.7. The van der Waals surface area contributed by atoms with Crippen molar-refractivity contribution in [2.75, 3.05) is 26.3 Å². The topological polar surface area (TPSA) is 616 Å². The van der Waals surface area contributed by atoms with Crippen molar-refractivity contribution >= 4 is 33.4 Å². The number of nitrogens with one attached hydrogen (secondary N) is 7. The van der Waals surface area contributed by atoms with Crippen LogP contribution in [0.3, 0.4) is 0 Å². The van der Waals surface area contributed by atoms with Gasteiger partial charge in [-0.2, -0.15) is 19.0 Å². The number of benzene rings is 3. The van der Waals surface area contributed by atoms with Crippen LogP contribution in [0.25, 0.3) is 0 Å². The molecule has 8 aromatic rings. The summed E-state index contributed by atoms with van der Waals surface area (Å²) in [6, 6.07) is 16.9. The van der Waals surface area contributed by atoms with Crippen molar-refractivity contribution in [2.45, 2.75) is 249 Å². The van der Waals surface area contributed by atoms with E-state index < -0.39 is 294 Å². The summed E-state index contributed by atoms with van der Waals surface area (Å²) < 4.78 is 266. The molecule has 0 bridgehead atoms. The molecule has 24 atom stereocenters. The number of hydrogen-bond acceptors (Lipinski definition) is 33. The van der Waals surface area contributed by atoms with Gasteiger partial charge in [0.1, 0.15) is 65.8 Å². The number of aromatic amines is 5. The first-order chi connectivity index (χ1) is 67.7. The lowest BCUT2D eigenvalue weighted by atomic mass is 9.89. The Hall–Kier alpha value is -11.9. The van der Waals surface area contributed by atoms with E-state index in [1.807, 2.05) is 24.9 Å². The van der Waals surface area contributed by atoms with E-state index in [-0.39, 0.29) is 18.1 Å². The van der Waals surface area contributed by atoms with Gasteiger partial charge in [-0.05, 0) is 121 Å². The van der Waals surface area contributed by atoms with Gasteiger partial charge < -0.3 is 82.1 Å². The highest BCUT2D eigenvalue weighted by atomic mass is 31.2. The Labute approximate surface area is 807 Å². The number of H-pyrrole nitrogens is 5. The number of alkyl halides is 5. The largest absolute Gasteiger partial charge is 0.513 e. The maximum atomic E-state index is 15.6. The normalized spacial score (nSPS) is 28.8. The third-order valence-corrected chi connectivity index (χ3v) is 24.7. The third kappa shape index (κ3) is 28.2. The predicted octanol–water partition coefficient (Wildman–Crippen LogP) is 4.50. The van der Waals surface area contributed by atoms with Crippen LogP contribution in [0.5, 0.6) is 17.2 Å². The summed E-state index contributed by atoms with van der Waals surface area (Å²) in [6.07, 6.45) is -16.0. The molecule has 143 heavy (non-hydrogen) atoms. The highest BCUT2D eigenvalue weighted by Gasteiger charge is 2.60. The van der Waals surface area contributed by atoms with Gasteiger partial charge in [-0.15, -0.1) is 0 Å². The molecule has 0 unspecified atom stereocenters. The minimum Gasteiger partial charge on any atom is -0.462 e. The zero-order valence-electron chi connectivity index (χ0n) is 82.5. The van der Waals surface area contributed by atoms with E-state index in [4.69, 9.17) is 67.2 Å². The summed E-state index contributed by atoms with van der Waals surface area (Å²) in [5, 5.41) is 61.7. The average molecular weight is 2090 g/mol. The first-order valence-electron chi connectivity index (χ1n) is 44.8. The monoisotopic (exact) mass is 2090 g/mol. The van der Waals surface area contributed by atoms with Gasteiger partial charge in [-0.3, -0.25) is 85.8 Å². The van der Waals surface area contributed by atoms with Crippen LogP contribution < -0.4 is 80.0 Å². The molecule has 0 amide bonds. The second-order valence-electron chi connectivity index (χ2n) is 34.7. The SMILES string of the molecule is CC(C)OC(=O)[C@H](C)N[P@](=O)(Oc1ccccc1)Oc1c(F)c(F)c(F)c(F)c1F.C[C@@H]1[C@@H](C(=O)OC(C)(C)C)O[C@@H](n2ccc(=O)[nH]c2=O)[C@]1(C)F.C[C@@H]1[C@@H](CO)O[C@@H](n2ccc(=O)[nH]c2=O)[C@]1(C)F.C[C@@]1(F)[C@H](O)[C@@H](CO)O[C@H]1n1ccc(=O)[nH]c1=O.[2H]C([2H])(O)[C@H]1O[C@@H](n2ccc(=O)[nH]c2=O)[C@](C)(F)[C@@H]1O.[2H]C([2H])(O[P@@](=O)(N[C@@H](C)C(=O)OC(C)C)Oc1ccccc1)[C@H]1O[C@@H](n2ccc(=O)[nH]c2=O)[C@](C)(F)[C@@H]1O. The average Bonchev–Trinajstić information content (AvgIpc) is 1.59. The lowest BCUT2D eigenvalue weighted by molar-refractivity contribution is -0.171. The number of carbonyl (C=O) groups is 3. The van der Waals surface area contributed by atoms with Gasteiger partial charge in [0.05, 0.1) is 50.1 Å². The van der Waals surface area contributed by atoms with E-state index in [9.17, 15) is 127 Å². The molecule has 5 fully saturated rings. The first-order valence-corrected chi connectivity index (χ1v) is 45.9. The zero-order chi connectivity index (χ0) is 111. The van der Waals surface area contributed by atoms with Crippen LogP contribution in [0, 0.1) is 40.9 Å². The Morgan fingerprint density at radius 2 is 0.727 bits per heavy atom. The van der Waals surface area contributed by atoms with Crippen molar-refractivity contribution in [3.63, 3.8) is 0 Å². The van der Waals surface area contributed by atoms with Crippen LogP contribution in [-0.2, 0) is 65.9 Å². The lowest BCUT2D eigenvalue weighted by Crippen LogP contribution is -2.43. The van der Waals surface area contributed by atoms with Crippen LogP contribution in [0.15, 0.2) is 170 Å². The van der Waals surface area contributed by atoms with Crippen molar-refractivity contribution in [1.82, 2.24) is 57.9 Å². The smallest absolute Gasteiger partial charge is 0.462 e. The van der Waals surface area contributed by atoms with E-state index >= 15 is 8.78 Å². The van der Waals surface area contributed by atoms with Crippen molar-refractivity contribution in [1.29, 1.82) is 0 Å². The molecule has 0 radical (unpaired) electrons. The number of aromatic nitrogens is 10. The number of rotatable bonds is 26. The highest BCUT2D eigenvalue weighted by Crippen LogP contribution is 2.52. The van der Waals surface area contributed by atoms with Gasteiger partial charge in [-0.25, -0.2) is 73.0 Å². The van der Waals surface area contributed by atoms with Crippen LogP contribution in [0.2, 0.25) is 0 Å². The fourth-order valence-electron chi connectivity index (χ4n) is 13.8. The van der Waals surface area contributed by atoms with Crippen molar-refractivity contribution in [3.8, 4) is 17.2 Å². The molecule has 0 saturated carbocycles. The zero-order valence-corrected chi connectivity index (χ0v) is 80.3. The summed E-state index contributed by atoms with van der Waals surface area (Å²) >= 11 is 0. The molecule has 13 N–H and O–H groups in total. The summed E-state index contributed by atoms with van der Waals surface area (Å²) in [6.45, 7) is 15.2. The Balaban J connectivity index is 0.000000220. The lowest BCUT2D eigenvalue weighted by Gasteiger charge is -2.25. The minimum absolute atomic E-state index is 0.0237. The number of aliphatic hydroxyl groups is 6. The number of para-hydroxylation sites is 2. The summed E-state index contributed by atoms with van der Waals surface area (Å²) in [4.78, 5) is 161. The molecule has 3 aromatic carbocycles. The van der Waals surface area contributed by atoms with E-state index in [1.54, 1.807) is 53.7 Å². The number of nitrogens with zero attached hydrogens (tertiary/aromatic N) is 5. The fourth-order valence-corrected chi connectivity index (χ4v) is 16.7. The maximum absolute atomic E-state index is 15.6. The van der Waals surface area contributed by atoms with Gasteiger partial charge in [0.25, 0.3) is 27.8 Å². The second kappa shape index (κ2) is 47.3. The molecule has 5 aliphatic rings. The Bertz CT molecular complexity index is 6600. The van der Waals surface area contributed by atoms with E-state index in [0.29, 0.717) is 9.13 Å². The van der Waals surface area contributed by atoms with Gasteiger partial charge in [-0.1, -0.05) is 50.2 Å². The Morgan fingerprint density at radius 1 is 0.434 bits per heavy atom. The van der Waals surface area contributed by atoms with Crippen LogP contribution >= 0.6 is 15.5 Å². The van der Waals surface area contributed by atoms with Crippen LogP contribution in [-0.4, -0.2) is 230 Å². The van der Waals surface area contributed by atoms with Crippen molar-refractivity contribution < 1.29 is 160 Å². The van der Waals surface area contributed by atoms with Crippen molar-refractivity contribution in [2.24, 2.45) is 11.8 Å². The number of carbonyl (C=O) groups excluding carboxylic acids is 3. The molecule has 57 heteroatoms. The molecule has 5 saturated heterocycles. The van der Waals surface area contributed by atoms with E-state index in [2.05, 4.69) is 14.7 Å². The van der Waals surface area contributed by atoms with Crippen LogP contribution in [0.1, 0.15) is 147 Å². The molecule has 45 nitrogen and oxygen atoms in total. The van der Waals surface area contributed by atoms with Gasteiger partial charge in [0.2, 0.25) is 34.8 Å². The number of hydrogen-bond donors (Lipinski definition) is 13. The molecule has 0 spiro atoms. The fraction of sp³-hybridized carbons (Fsp3) is 0.523. The second-order valence-corrected chi connectivity index (χ2v) is 38.0. The molecular formula is C86H108F10N12O33P2. The van der Waals surface area contributed by atoms with Gasteiger partial charge in [0.15, 0.2) is 65.6 Å². The number of ether oxygens (including phenoxy) is 8. The van der Waals surface area contributed by atoms with E-state index in [0.717, 1.165) is 89.6 Å². The molecule has 0 aliphatic carbocycles. The Morgan fingerprint density at radius 3 is 1.04 bits per heavy atom. The summed E-state index contributed by atoms with van der Waals surface area (Å²) in [7, 11) is -9.71. The summed E-state index contributed by atoms with van der Waals surface area (Å²) in [5.74, 6) is -17.6. The summed E-state index contributed by atoms with van der Waals surface area (Å²) in [5.41, 5.74) is -19.8. The molecule has 10 heterocycles. The molecule has 5 aliphatic heterocycles. The molecule has 5 aromatic heterocycles.